The number of carbonyl (C=O) groups is 10. The minimum Gasteiger partial charge on any atom is -0.478 e. The monoisotopic (exact) mass is 1630 g/mol. The summed E-state index contributed by atoms with van der Waals surface area (Å²) in [6.07, 6.45) is -7.16. The van der Waals surface area contributed by atoms with E-state index in [1.165, 1.54) is 62.7 Å². The molecule has 8 atom stereocenters. The fraction of sp³-hybridized carbons (Fsp3) is 0.609. The first kappa shape index (κ1) is 104. The Kier molecular flexibility index (Phi) is 41.8. The van der Waals surface area contributed by atoms with E-state index in [2.05, 4.69) is 46.9 Å². The van der Waals surface area contributed by atoms with Gasteiger partial charge in [0.2, 0.25) is 13.1 Å². The van der Waals surface area contributed by atoms with Gasteiger partial charge >= 0.3 is 54.0 Å². The smallest absolute Gasteiger partial charge is 0.410 e. The van der Waals surface area contributed by atoms with Gasteiger partial charge in [-0.05, 0) is 158 Å². The van der Waals surface area contributed by atoms with Crippen LogP contribution in [0.25, 0.3) is 0 Å². The summed E-state index contributed by atoms with van der Waals surface area (Å²) in [5, 5.41) is 12.6. The van der Waals surface area contributed by atoms with Crippen molar-refractivity contribution in [2.24, 2.45) is 10.8 Å². The Morgan fingerprint density at radius 3 is 1.04 bits per heavy atom. The van der Waals surface area contributed by atoms with Crippen LogP contribution in [0.5, 0.6) is 0 Å². The van der Waals surface area contributed by atoms with Crippen molar-refractivity contribution in [3.63, 3.8) is 0 Å². The van der Waals surface area contributed by atoms with E-state index in [0.717, 1.165) is 37.0 Å². The highest BCUT2D eigenvalue weighted by Crippen LogP contribution is 2.31. The van der Waals surface area contributed by atoms with Gasteiger partial charge in [-0.15, -0.1) is 0 Å². The fourth-order valence-electron chi connectivity index (χ4n) is 10.7. The zero-order chi connectivity index (χ0) is 88.8. The topological polar surface area (TPSA) is 304 Å². The zero-order valence-corrected chi connectivity index (χ0v) is 74.4. The molecule has 0 aliphatic carbocycles. The first-order valence-corrected chi connectivity index (χ1v) is 39.4. The number of nitrogens with zero attached hydrogens (tertiary/aromatic N) is 3. The highest BCUT2D eigenvalue weighted by molar-refractivity contribution is 7.60. The Morgan fingerprint density at radius 1 is 0.435 bits per heavy atom. The van der Waals surface area contributed by atoms with Crippen molar-refractivity contribution in [2.75, 3.05) is 28.2 Å². The van der Waals surface area contributed by atoms with Gasteiger partial charge in [-0.2, -0.15) is 0 Å². The maximum Gasteiger partial charge on any atom is 0.410 e. The van der Waals surface area contributed by atoms with Gasteiger partial charge < -0.3 is 53.2 Å². The van der Waals surface area contributed by atoms with Gasteiger partial charge in [-0.3, -0.25) is 24.0 Å². The van der Waals surface area contributed by atoms with Crippen molar-refractivity contribution in [1.29, 1.82) is 0 Å². The third-order valence-electron chi connectivity index (χ3n) is 16.9. The second-order valence-electron chi connectivity index (χ2n) is 36.1. The summed E-state index contributed by atoms with van der Waals surface area (Å²) in [5.74, 6) is -6.70. The lowest BCUT2D eigenvalue weighted by atomic mass is 9.86. The summed E-state index contributed by atoms with van der Waals surface area (Å²) in [5.41, 5.74) is -1.10. The van der Waals surface area contributed by atoms with E-state index >= 15 is 4.39 Å². The van der Waals surface area contributed by atoms with Crippen LogP contribution < -0.4 is 5.32 Å². The second kappa shape index (κ2) is 46.2. The molecule has 3 amide bonds. The van der Waals surface area contributed by atoms with E-state index in [1.54, 1.807) is 86.7 Å². The summed E-state index contributed by atoms with van der Waals surface area (Å²) in [7, 11) is 5.83. The number of esters is 6. The Balaban J connectivity index is 0.000000927. The molecule has 0 unspecified atom stereocenters. The van der Waals surface area contributed by atoms with Crippen molar-refractivity contribution in [2.45, 2.75) is 307 Å². The van der Waals surface area contributed by atoms with Crippen molar-refractivity contribution >= 4 is 75.2 Å². The minimum absolute atomic E-state index is 0.0150. The molecule has 0 saturated carbocycles. The van der Waals surface area contributed by atoms with Crippen LogP contribution in [0.3, 0.4) is 0 Å². The lowest BCUT2D eigenvalue weighted by Gasteiger charge is -2.35. The molecular formula is C87H131BF2N4O20P. The van der Waals surface area contributed by atoms with Gasteiger partial charge in [0.1, 0.15) is 59.9 Å². The van der Waals surface area contributed by atoms with Gasteiger partial charge in [-0.25, -0.2) is 47.1 Å². The van der Waals surface area contributed by atoms with Crippen LogP contribution in [0.4, 0.5) is 18.4 Å². The molecule has 0 bridgehead atoms. The second-order valence-corrected chi connectivity index (χ2v) is 36.8. The fourth-order valence-corrected chi connectivity index (χ4v) is 10.7. The maximum absolute atomic E-state index is 15.2. The number of alkyl halides is 2. The number of amides is 3. The van der Waals surface area contributed by atoms with Crippen molar-refractivity contribution in [1.82, 2.24) is 20.0 Å². The molecule has 0 fully saturated rings. The number of benzene rings is 4. The van der Waals surface area contributed by atoms with E-state index in [4.69, 9.17) is 37.9 Å². The number of hydrogen-bond donors (Lipinski definition) is 2. The predicted octanol–water partition coefficient (Wildman–Crippen LogP) is 16.3. The molecule has 0 heterocycles. The molecule has 0 spiro atoms. The van der Waals surface area contributed by atoms with E-state index < -0.39 is 143 Å². The van der Waals surface area contributed by atoms with Crippen LogP contribution in [0.2, 0.25) is 6.82 Å². The number of halogens is 2. The molecule has 4 aromatic carbocycles. The maximum atomic E-state index is 15.2. The predicted molar refractivity (Wildman–Crippen MR) is 441 cm³/mol. The van der Waals surface area contributed by atoms with Gasteiger partial charge in [0.15, 0.2) is 18.3 Å². The van der Waals surface area contributed by atoms with Crippen LogP contribution in [0.15, 0.2) is 109 Å². The molecule has 4 rings (SSSR count). The average Bonchev–Trinajstić information content (AvgIpc) is 0.815. The number of aliphatic carboxylic acids is 1. The zero-order valence-electron chi connectivity index (χ0n) is 73.5. The number of nitrogens with one attached hydrogen (secondary N) is 1. The Morgan fingerprint density at radius 2 is 0.748 bits per heavy atom. The molecule has 0 aliphatic rings. The molecule has 2 N–H and O–H groups in total. The SMILES string of the molecule is CN(C(=O)OC(C)(C)C)[C@@H](CC(C)(C)F)C(=O)O[C@H](Cc1ccc(C(C)(C)C)cc1)C(=O)O.CN[C@@H](CC(C)(C)C)C(=O)O[C@H](C)C(=O)OCc1ccccc1.C[B]P=O.C[C@@H](OC(=O)[C@H](CC(C)(C)C)N(C)C(=O)[C@@H](Cc1ccc(C(C)(C)C)cc1)OC(=O)[C@H](CC(C)(C)F)N(C)C(=O)OC(C)(C)C)C(=O)OCc1ccccc1. The molecule has 0 aliphatic heterocycles. The van der Waals surface area contributed by atoms with Crippen LogP contribution in [0, 0.1) is 10.8 Å². The number of carbonyl (C=O) groups excluding carboxylic acids is 9. The van der Waals surface area contributed by atoms with Gasteiger partial charge in [-0.1, -0.05) is 199 Å². The summed E-state index contributed by atoms with van der Waals surface area (Å²) in [4.78, 5) is 133. The highest BCUT2D eigenvalue weighted by atomic mass is 31.1. The van der Waals surface area contributed by atoms with Gasteiger partial charge in [0, 0.05) is 46.8 Å². The Hall–Kier alpha value is -8.84. The quantitative estimate of drug-likeness (QED) is 0.0205. The molecular weight excluding hydrogens is 1500 g/mol. The number of hydrogen-bond acceptors (Lipinski definition) is 20. The van der Waals surface area contributed by atoms with Crippen LogP contribution in [0.1, 0.15) is 225 Å². The lowest BCUT2D eigenvalue weighted by molar-refractivity contribution is -0.174. The van der Waals surface area contributed by atoms with E-state index in [1.807, 2.05) is 126 Å². The van der Waals surface area contributed by atoms with Crippen LogP contribution in [-0.2, 0) is 118 Å². The number of carboxylic acids is 1. The molecule has 0 aromatic heterocycles. The molecule has 0 saturated heterocycles. The first-order valence-electron chi connectivity index (χ1n) is 38.5. The lowest BCUT2D eigenvalue weighted by Crippen LogP contribution is -2.53. The summed E-state index contributed by atoms with van der Waals surface area (Å²) < 4.78 is 82.1. The van der Waals surface area contributed by atoms with E-state index in [-0.39, 0.29) is 63.5 Å². The summed E-state index contributed by atoms with van der Waals surface area (Å²) in [6.45, 7) is 45.6. The number of rotatable bonds is 31. The number of carboxylic acid groups (broad SMARTS) is 1. The Labute approximate surface area is 684 Å². The highest BCUT2D eigenvalue weighted by Gasteiger charge is 2.43. The molecule has 28 heteroatoms. The average molecular weight is 1630 g/mol. The standard InChI is InChI=1S/C43H63FN2O9.C25H38FNO6.C18H27NO4.CH3BOP/c1-28(36(48)52-27-30-18-16-15-17-19-30)53-37(49)32(25-40(2,3)4)45(13)35(47)34(24-29-20-22-31(23-21-29)41(5,6)7)54-38(50)33(26-43(11,12)44)46(14)39(51)55-42(8,9)10;1-23(2,3)17-12-10-16(11-13-17)14-19(20(28)29)32-21(30)18(15-25(7,8)26)27(9)22(31)33-24(4,5)6;1-13(16(20)22-12-14-9-7-6-8-10-14)23-17(21)15(19-5)11-18(2,3)4;1-2-4-3/h15-23,28,32-34H,24-27H2,1-14H3;10-13,18-19H,14-15H2,1-9H3,(H,28,29);6-10,13,15,19H,11-12H2,1-5H3;1H3/t28-,32+,33+,34-;18-,19+;13-,15+;/m101./s1. The van der Waals surface area contributed by atoms with Crippen LogP contribution >= 0.6 is 8.34 Å². The van der Waals surface area contributed by atoms with Gasteiger partial charge in [0.25, 0.3) is 5.91 Å². The van der Waals surface area contributed by atoms with Crippen molar-refractivity contribution in [3.05, 3.63) is 143 Å². The van der Waals surface area contributed by atoms with E-state index in [0.29, 0.717) is 17.5 Å². The third-order valence-corrected chi connectivity index (χ3v) is 17.1. The molecule has 4 aromatic rings. The Bertz CT molecular complexity index is 3740. The summed E-state index contributed by atoms with van der Waals surface area (Å²) in [6, 6.07) is 28.8. The summed E-state index contributed by atoms with van der Waals surface area (Å²) >= 11 is 0. The normalized spacial score (nSPS) is 14.0. The molecule has 24 nitrogen and oxygen atoms in total. The minimum atomic E-state index is -1.92. The largest absolute Gasteiger partial charge is 0.478 e. The molecule has 1 radical (unpaired) electrons. The van der Waals surface area contributed by atoms with Gasteiger partial charge in [0.05, 0.1) is 8.34 Å². The number of ether oxygens (including phenoxy) is 8. The molecule has 641 valence electrons. The number of likely N-dealkylation sites (N-methyl/N-ethyl adjacent to an activating group) is 4. The first-order chi connectivity index (χ1) is 52.5. The van der Waals surface area contributed by atoms with Crippen molar-refractivity contribution in [3.8, 4) is 0 Å². The van der Waals surface area contributed by atoms with Crippen LogP contribution in [-0.4, -0.2) is 186 Å². The third kappa shape index (κ3) is 42.6. The molecule has 115 heavy (non-hydrogen) atoms. The van der Waals surface area contributed by atoms with E-state index in [9.17, 15) is 62.0 Å². The van der Waals surface area contributed by atoms with Crippen molar-refractivity contribution < 1.29 is 104 Å².